The van der Waals surface area contributed by atoms with Gasteiger partial charge in [-0.2, -0.15) is 0 Å². The topological polar surface area (TPSA) is 35.9 Å². The molecule has 4 nitrogen and oxygen atoms in total. The Labute approximate surface area is 96.5 Å². The lowest BCUT2D eigenvalue weighted by molar-refractivity contribution is -0.0983. The van der Waals surface area contributed by atoms with Crippen molar-refractivity contribution in [3.05, 3.63) is 30.3 Å². The monoisotopic (exact) mass is 220 g/mol. The molecule has 86 valence electrons. The number of benzene rings is 1. The van der Waals surface area contributed by atoms with E-state index in [-0.39, 0.29) is 0 Å². The number of likely N-dealkylation sites (N-methyl/N-ethyl adjacent to an activating group) is 1. The van der Waals surface area contributed by atoms with Gasteiger partial charge in [-0.1, -0.05) is 30.3 Å². The first kappa shape index (κ1) is 11.6. The highest BCUT2D eigenvalue weighted by Crippen LogP contribution is 2.01. The summed E-state index contributed by atoms with van der Waals surface area (Å²) in [6.07, 6.45) is 0. The second-order valence-electron chi connectivity index (χ2n) is 4.10. The third kappa shape index (κ3) is 3.06. The normalized spacial score (nSPS) is 18.6. The van der Waals surface area contributed by atoms with Crippen LogP contribution in [0.25, 0.3) is 0 Å². The second-order valence-corrected chi connectivity index (χ2v) is 4.10. The summed E-state index contributed by atoms with van der Waals surface area (Å²) in [5.74, 6) is 0. The average molecular weight is 220 g/mol. The highest BCUT2D eigenvalue weighted by atomic mass is 16.7. The lowest BCUT2D eigenvalue weighted by Crippen LogP contribution is -2.49. The summed E-state index contributed by atoms with van der Waals surface area (Å²) in [7, 11) is 1.23. The Bertz CT molecular complexity index is 315. The molecule has 0 bridgehead atoms. The zero-order chi connectivity index (χ0) is 11.4. The smallest absolute Gasteiger partial charge is 0.422 e. The third-order valence-corrected chi connectivity index (χ3v) is 2.80. The van der Waals surface area contributed by atoms with Crippen LogP contribution >= 0.6 is 0 Å². The molecule has 1 aliphatic rings. The van der Waals surface area contributed by atoms with Gasteiger partial charge in [0.25, 0.3) is 0 Å². The fourth-order valence-electron chi connectivity index (χ4n) is 1.71. The molecule has 0 saturated carbocycles. The van der Waals surface area contributed by atoms with Crippen LogP contribution in [0.15, 0.2) is 30.3 Å². The molecule has 1 N–H and O–H groups in total. The van der Waals surface area contributed by atoms with E-state index in [0.29, 0.717) is 0 Å². The van der Waals surface area contributed by atoms with Crippen LogP contribution < -0.4 is 5.46 Å². The lowest BCUT2D eigenvalue weighted by Gasteiger charge is -2.32. The fraction of sp³-hybridized carbons (Fsp3) is 0.455. The van der Waals surface area contributed by atoms with Crippen molar-refractivity contribution in [3.8, 4) is 0 Å². The summed E-state index contributed by atoms with van der Waals surface area (Å²) >= 11 is 0. The second kappa shape index (κ2) is 5.45. The van der Waals surface area contributed by atoms with E-state index in [1.165, 1.54) is 0 Å². The van der Waals surface area contributed by atoms with E-state index in [1.54, 1.807) is 0 Å². The third-order valence-electron chi connectivity index (χ3n) is 2.80. The van der Waals surface area contributed by atoms with Gasteiger partial charge < -0.3 is 14.7 Å². The highest BCUT2D eigenvalue weighted by molar-refractivity contribution is 6.59. The van der Waals surface area contributed by atoms with Crippen molar-refractivity contribution in [2.45, 2.75) is 0 Å². The number of rotatable bonds is 3. The fourth-order valence-corrected chi connectivity index (χ4v) is 1.71. The summed E-state index contributed by atoms with van der Waals surface area (Å²) in [5.41, 5.74) is 0.793. The first-order valence-electron chi connectivity index (χ1n) is 5.59. The summed E-state index contributed by atoms with van der Waals surface area (Å²) in [5, 5.41) is 11.7. The Morgan fingerprint density at radius 1 is 1.12 bits per heavy atom. The van der Waals surface area contributed by atoms with Crippen molar-refractivity contribution < 1.29 is 9.78 Å². The van der Waals surface area contributed by atoms with Crippen LogP contribution in [-0.4, -0.2) is 55.3 Å². The lowest BCUT2D eigenvalue weighted by atomic mass is 9.80. The van der Waals surface area contributed by atoms with E-state index < -0.39 is 7.12 Å². The van der Waals surface area contributed by atoms with Crippen LogP contribution in [-0.2, 0) is 4.76 Å². The molecule has 5 heteroatoms. The molecule has 0 atom stereocenters. The molecular formula is C11H17BN2O2. The Morgan fingerprint density at radius 3 is 2.38 bits per heavy atom. The van der Waals surface area contributed by atoms with Crippen molar-refractivity contribution in [2.75, 3.05) is 33.2 Å². The van der Waals surface area contributed by atoms with Crippen LogP contribution in [0.4, 0.5) is 0 Å². The molecule has 1 aromatic rings. The minimum absolute atomic E-state index is 0.793. The standard InChI is InChI=1S/C11H17BN2O2/c1-13-7-9-14(10-8-13)16-12(15)11-5-3-2-4-6-11/h2-6,15H,7-10H2,1H3. The van der Waals surface area contributed by atoms with Gasteiger partial charge in [0.1, 0.15) is 0 Å². The van der Waals surface area contributed by atoms with Crippen molar-refractivity contribution in [2.24, 2.45) is 0 Å². The van der Waals surface area contributed by atoms with Crippen LogP contribution in [0.3, 0.4) is 0 Å². The van der Waals surface area contributed by atoms with Crippen LogP contribution in [0.1, 0.15) is 0 Å². The molecule has 0 spiro atoms. The maximum Gasteiger partial charge on any atom is 0.508 e. The summed E-state index contributed by atoms with van der Waals surface area (Å²) in [4.78, 5) is 2.24. The first-order chi connectivity index (χ1) is 7.75. The quantitative estimate of drug-likeness (QED) is 0.700. The largest absolute Gasteiger partial charge is 0.508 e. The molecule has 0 aliphatic carbocycles. The zero-order valence-electron chi connectivity index (χ0n) is 9.54. The van der Waals surface area contributed by atoms with E-state index in [0.717, 1.165) is 31.6 Å². The van der Waals surface area contributed by atoms with Crippen LogP contribution in [0.2, 0.25) is 0 Å². The Kier molecular flexibility index (Phi) is 3.95. The Balaban J connectivity index is 1.86. The summed E-state index contributed by atoms with van der Waals surface area (Å²) in [6.45, 7) is 3.61. The first-order valence-corrected chi connectivity index (χ1v) is 5.59. The van der Waals surface area contributed by atoms with Gasteiger partial charge in [-0.3, -0.25) is 0 Å². The van der Waals surface area contributed by atoms with Gasteiger partial charge in [0.05, 0.1) is 0 Å². The summed E-state index contributed by atoms with van der Waals surface area (Å²) in [6, 6.07) is 9.44. The van der Waals surface area contributed by atoms with Gasteiger partial charge in [-0.15, -0.1) is 0 Å². The molecule has 1 aromatic carbocycles. The molecule has 0 amide bonds. The minimum Gasteiger partial charge on any atom is -0.422 e. The molecule has 0 radical (unpaired) electrons. The minimum atomic E-state index is -0.857. The van der Waals surface area contributed by atoms with Crippen LogP contribution in [0, 0.1) is 0 Å². The average Bonchev–Trinajstić information content (AvgIpc) is 2.33. The SMILES string of the molecule is CN1CCN(OB(O)c2ccccc2)CC1. The van der Waals surface area contributed by atoms with Gasteiger partial charge in [-0.25, -0.2) is 5.06 Å². The molecule has 1 heterocycles. The highest BCUT2D eigenvalue weighted by Gasteiger charge is 2.22. The van der Waals surface area contributed by atoms with E-state index in [2.05, 4.69) is 11.9 Å². The predicted molar refractivity (Wildman–Crippen MR) is 64.2 cm³/mol. The molecular weight excluding hydrogens is 203 g/mol. The number of nitrogens with zero attached hydrogens (tertiary/aromatic N) is 2. The van der Waals surface area contributed by atoms with E-state index in [1.807, 2.05) is 35.4 Å². The number of hydrogen-bond donors (Lipinski definition) is 1. The zero-order valence-corrected chi connectivity index (χ0v) is 9.54. The number of hydroxylamine groups is 2. The van der Waals surface area contributed by atoms with Crippen LogP contribution in [0.5, 0.6) is 0 Å². The number of hydrogen-bond acceptors (Lipinski definition) is 4. The van der Waals surface area contributed by atoms with Gasteiger partial charge >= 0.3 is 7.12 Å². The molecule has 2 rings (SSSR count). The Morgan fingerprint density at radius 2 is 1.75 bits per heavy atom. The molecule has 16 heavy (non-hydrogen) atoms. The maximum absolute atomic E-state index is 9.86. The Hall–Kier alpha value is -0.875. The van der Waals surface area contributed by atoms with E-state index in [4.69, 9.17) is 4.76 Å². The van der Waals surface area contributed by atoms with Crippen molar-refractivity contribution in [3.63, 3.8) is 0 Å². The van der Waals surface area contributed by atoms with Crippen molar-refractivity contribution in [1.29, 1.82) is 0 Å². The number of piperazine rings is 1. The van der Waals surface area contributed by atoms with Crippen molar-refractivity contribution in [1.82, 2.24) is 9.96 Å². The van der Waals surface area contributed by atoms with E-state index >= 15 is 0 Å². The van der Waals surface area contributed by atoms with Gasteiger partial charge in [-0.05, 0) is 12.5 Å². The molecule has 1 saturated heterocycles. The summed E-state index contributed by atoms with van der Waals surface area (Å²) < 4.78 is 5.49. The maximum atomic E-state index is 9.86. The molecule has 0 unspecified atom stereocenters. The van der Waals surface area contributed by atoms with Gasteiger partial charge in [0, 0.05) is 26.2 Å². The molecule has 1 aliphatic heterocycles. The molecule has 0 aromatic heterocycles. The van der Waals surface area contributed by atoms with Gasteiger partial charge in [0.15, 0.2) is 0 Å². The molecule has 1 fully saturated rings. The van der Waals surface area contributed by atoms with Gasteiger partial charge in [0.2, 0.25) is 0 Å². The van der Waals surface area contributed by atoms with E-state index in [9.17, 15) is 5.02 Å². The van der Waals surface area contributed by atoms with Crippen molar-refractivity contribution >= 4 is 12.6 Å². The predicted octanol–water partition coefficient (Wildman–Crippen LogP) is -0.447.